The Hall–Kier alpha value is -1.35. The first-order valence-corrected chi connectivity index (χ1v) is 8.10. The van der Waals surface area contributed by atoms with E-state index in [0.29, 0.717) is 29.1 Å². The van der Waals surface area contributed by atoms with Gasteiger partial charge in [0.2, 0.25) is 0 Å². The van der Waals surface area contributed by atoms with Crippen molar-refractivity contribution in [3.63, 3.8) is 0 Å². The maximum Gasteiger partial charge on any atom is 0.255 e. The molecule has 1 amide bonds. The Morgan fingerprint density at radius 1 is 1.39 bits per heavy atom. The van der Waals surface area contributed by atoms with Crippen molar-refractivity contribution in [3.8, 4) is 11.5 Å². The topological polar surface area (TPSA) is 106 Å². The minimum Gasteiger partial charge on any atom is -0.493 e. The Kier molecular flexibility index (Phi) is 8.93. The number of primary amides is 1. The van der Waals surface area contributed by atoms with Crippen LogP contribution < -0.4 is 25.8 Å². The third-order valence-corrected chi connectivity index (χ3v) is 3.48. The Balaban J connectivity index is 2.53. The minimum absolute atomic E-state index is 0.207. The van der Waals surface area contributed by atoms with E-state index in [2.05, 4.69) is 26.6 Å². The molecule has 0 aromatic heterocycles. The molecule has 0 heterocycles. The highest BCUT2D eigenvalue weighted by Crippen LogP contribution is 2.36. The van der Waals surface area contributed by atoms with Gasteiger partial charge in [-0.25, -0.2) is 0 Å². The molecular weight excluding hydrogens is 366 g/mol. The highest BCUT2D eigenvalue weighted by molar-refractivity contribution is 9.10. The fourth-order valence-corrected chi connectivity index (χ4v) is 2.48. The average Bonchev–Trinajstić information content (AvgIpc) is 2.48. The molecule has 0 fully saturated rings. The first-order valence-electron chi connectivity index (χ1n) is 7.31. The van der Waals surface area contributed by atoms with Crippen molar-refractivity contribution in [2.45, 2.75) is 19.6 Å². The van der Waals surface area contributed by atoms with Crippen LogP contribution in [0.3, 0.4) is 0 Å². The van der Waals surface area contributed by atoms with Gasteiger partial charge in [0.1, 0.15) is 0 Å². The Labute approximate surface area is 144 Å². The van der Waals surface area contributed by atoms with Gasteiger partial charge in [0.15, 0.2) is 18.1 Å². The van der Waals surface area contributed by atoms with E-state index in [1.54, 1.807) is 6.92 Å². The molecule has 1 rings (SSSR count). The van der Waals surface area contributed by atoms with Crippen LogP contribution in [-0.4, -0.2) is 50.5 Å². The van der Waals surface area contributed by atoms with Crippen LogP contribution in [0.5, 0.6) is 11.5 Å². The molecule has 7 nitrogen and oxygen atoms in total. The van der Waals surface area contributed by atoms with Crippen molar-refractivity contribution >= 4 is 21.8 Å². The molecule has 23 heavy (non-hydrogen) atoms. The summed E-state index contributed by atoms with van der Waals surface area (Å²) in [4.78, 5) is 10.8. The summed E-state index contributed by atoms with van der Waals surface area (Å²) in [5.74, 6) is 0.438. The fourth-order valence-electron chi connectivity index (χ4n) is 1.88. The number of nitrogens with two attached hydrogens (primary N) is 1. The van der Waals surface area contributed by atoms with Gasteiger partial charge in [0.05, 0.1) is 17.7 Å². The third kappa shape index (κ3) is 7.65. The molecule has 1 unspecified atom stereocenters. The van der Waals surface area contributed by atoms with Gasteiger partial charge in [-0.3, -0.25) is 4.79 Å². The summed E-state index contributed by atoms with van der Waals surface area (Å²) < 4.78 is 11.3. The average molecular weight is 390 g/mol. The Morgan fingerprint density at radius 3 is 2.70 bits per heavy atom. The van der Waals surface area contributed by atoms with E-state index >= 15 is 0 Å². The van der Waals surface area contributed by atoms with Crippen LogP contribution in [0.4, 0.5) is 0 Å². The maximum absolute atomic E-state index is 10.8. The first-order chi connectivity index (χ1) is 10.9. The fraction of sp³-hybridized carbons (Fsp3) is 0.533. The lowest BCUT2D eigenvalue weighted by Crippen LogP contribution is -2.31. The molecule has 1 aromatic rings. The van der Waals surface area contributed by atoms with Gasteiger partial charge >= 0.3 is 0 Å². The molecule has 0 bridgehead atoms. The highest BCUT2D eigenvalue weighted by atomic mass is 79.9. The number of carbonyl (C=O) groups excluding carboxylic acids is 1. The number of ether oxygens (including phenoxy) is 2. The number of halogens is 1. The van der Waals surface area contributed by atoms with Crippen molar-refractivity contribution in [1.29, 1.82) is 0 Å². The van der Waals surface area contributed by atoms with Crippen molar-refractivity contribution in [1.82, 2.24) is 10.6 Å². The quantitative estimate of drug-likeness (QED) is 0.407. The predicted octanol–water partition coefficient (Wildman–Crippen LogP) is 0.382. The molecule has 0 saturated carbocycles. The van der Waals surface area contributed by atoms with Gasteiger partial charge in [-0.2, -0.15) is 0 Å². The van der Waals surface area contributed by atoms with Crippen LogP contribution >= 0.6 is 15.9 Å². The summed E-state index contributed by atoms with van der Waals surface area (Å²) in [6.45, 7) is 4.30. The molecule has 0 aliphatic heterocycles. The number of aliphatic hydroxyl groups excluding tert-OH is 1. The van der Waals surface area contributed by atoms with Crippen LogP contribution in [-0.2, 0) is 11.3 Å². The van der Waals surface area contributed by atoms with E-state index in [1.165, 1.54) is 7.11 Å². The zero-order valence-corrected chi connectivity index (χ0v) is 15.0. The van der Waals surface area contributed by atoms with Gasteiger partial charge in [0.25, 0.3) is 5.91 Å². The van der Waals surface area contributed by atoms with E-state index < -0.39 is 5.91 Å². The predicted molar refractivity (Wildman–Crippen MR) is 91.6 cm³/mol. The van der Waals surface area contributed by atoms with Crippen molar-refractivity contribution in [2.75, 3.05) is 33.4 Å². The molecule has 0 aliphatic carbocycles. The van der Waals surface area contributed by atoms with Crippen LogP contribution in [0, 0.1) is 0 Å². The number of hydrogen-bond donors (Lipinski definition) is 4. The summed E-state index contributed by atoms with van der Waals surface area (Å²) in [7, 11) is 1.54. The number of hydrogen-bond acceptors (Lipinski definition) is 6. The van der Waals surface area contributed by atoms with E-state index in [4.69, 9.17) is 20.3 Å². The Bertz CT molecular complexity index is 512. The molecule has 0 saturated heterocycles. The molecule has 0 radical (unpaired) electrons. The van der Waals surface area contributed by atoms with Gasteiger partial charge in [0, 0.05) is 26.2 Å². The molecule has 0 aliphatic rings. The second-order valence-electron chi connectivity index (χ2n) is 5.09. The van der Waals surface area contributed by atoms with Gasteiger partial charge in [-0.05, 0) is 40.5 Å². The smallest absolute Gasteiger partial charge is 0.255 e. The number of aliphatic hydroxyl groups is 1. The minimum atomic E-state index is -0.547. The first kappa shape index (κ1) is 19.7. The third-order valence-electron chi connectivity index (χ3n) is 2.90. The summed E-state index contributed by atoms with van der Waals surface area (Å²) >= 11 is 3.41. The molecule has 130 valence electrons. The van der Waals surface area contributed by atoms with Crippen molar-refractivity contribution in [2.24, 2.45) is 5.73 Å². The monoisotopic (exact) mass is 389 g/mol. The lowest BCUT2D eigenvalue weighted by Gasteiger charge is -2.14. The van der Waals surface area contributed by atoms with Crippen LogP contribution in [0.15, 0.2) is 16.6 Å². The van der Waals surface area contributed by atoms with E-state index in [-0.39, 0.29) is 12.7 Å². The maximum atomic E-state index is 10.8. The number of methoxy groups -OCH3 is 1. The highest BCUT2D eigenvalue weighted by Gasteiger charge is 2.12. The normalized spacial score (nSPS) is 12.0. The van der Waals surface area contributed by atoms with Crippen molar-refractivity contribution in [3.05, 3.63) is 22.2 Å². The second-order valence-corrected chi connectivity index (χ2v) is 5.95. The van der Waals surface area contributed by atoms with Crippen molar-refractivity contribution < 1.29 is 19.4 Å². The summed E-state index contributed by atoms with van der Waals surface area (Å²) in [6.07, 6.45) is -0.344. The van der Waals surface area contributed by atoms with E-state index in [0.717, 1.165) is 18.7 Å². The number of rotatable bonds is 11. The standard InChI is InChI=1S/C15H24BrN3O4/c1-10(20)7-18-3-4-19-8-11-5-12(16)15(13(6-11)22-2)23-9-14(17)21/h5-6,10,18-20H,3-4,7-9H2,1-2H3,(H2,17,21). The van der Waals surface area contributed by atoms with E-state index in [9.17, 15) is 4.79 Å². The largest absolute Gasteiger partial charge is 0.493 e. The molecular formula is C15H24BrN3O4. The molecule has 8 heteroatoms. The van der Waals surface area contributed by atoms with Gasteiger partial charge in [-0.1, -0.05) is 0 Å². The number of carbonyl (C=O) groups is 1. The van der Waals surface area contributed by atoms with Gasteiger partial charge in [-0.15, -0.1) is 0 Å². The second kappa shape index (κ2) is 10.4. The van der Waals surface area contributed by atoms with E-state index in [1.807, 2.05) is 12.1 Å². The summed E-state index contributed by atoms with van der Waals surface area (Å²) in [6, 6.07) is 3.74. The zero-order valence-electron chi connectivity index (χ0n) is 13.4. The SMILES string of the molecule is COc1cc(CNCCNCC(C)O)cc(Br)c1OCC(N)=O. The number of amides is 1. The molecule has 1 atom stereocenters. The summed E-state index contributed by atoms with van der Waals surface area (Å²) in [5.41, 5.74) is 6.09. The summed E-state index contributed by atoms with van der Waals surface area (Å²) in [5, 5.41) is 15.6. The molecule has 0 spiro atoms. The van der Waals surface area contributed by atoms with Crippen LogP contribution in [0.1, 0.15) is 12.5 Å². The van der Waals surface area contributed by atoms with Gasteiger partial charge < -0.3 is 30.9 Å². The lowest BCUT2D eigenvalue weighted by molar-refractivity contribution is -0.119. The Morgan fingerprint density at radius 2 is 2.09 bits per heavy atom. The number of benzene rings is 1. The zero-order chi connectivity index (χ0) is 17.2. The number of nitrogens with one attached hydrogen (secondary N) is 2. The molecule has 5 N–H and O–H groups in total. The van der Waals surface area contributed by atoms with Crippen LogP contribution in [0.25, 0.3) is 0 Å². The van der Waals surface area contributed by atoms with Crippen LogP contribution in [0.2, 0.25) is 0 Å². The lowest BCUT2D eigenvalue weighted by atomic mass is 10.2. The molecule has 1 aromatic carbocycles.